The van der Waals surface area contributed by atoms with Crippen LogP contribution in [0.1, 0.15) is 38.2 Å². The smallest absolute Gasteiger partial charge is 0.240 e. The SMILES string of the molecule is CCCCC[C@@H](NC(=O)[C@H](N)Cc1ccc(O)cc1)C(N)=O. The maximum absolute atomic E-state index is 12.1. The van der Waals surface area contributed by atoms with Crippen molar-refractivity contribution in [1.29, 1.82) is 0 Å². The Morgan fingerprint density at radius 3 is 2.41 bits per heavy atom. The highest BCUT2D eigenvalue weighted by Gasteiger charge is 2.21. The summed E-state index contributed by atoms with van der Waals surface area (Å²) in [6, 6.07) is 5.04. The van der Waals surface area contributed by atoms with E-state index in [1.807, 2.05) is 0 Å². The number of nitrogens with one attached hydrogen (secondary N) is 1. The molecule has 0 saturated heterocycles. The number of amides is 2. The van der Waals surface area contributed by atoms with Gasteiger partial charge >= 0.3 is 0 Å². The van der Waals surface area contributed by atoms with Gasteiger partial charge in [0.2, 0.25) is 11.8 Å². The summed E-state index contributed by atoms with van der Waals surface area (Å²) in [5.41, 5.74) is 12.0. The second kappa shape index (κ2) is 9.04. The molecule has 2 atom stereocenters. The van der Waals surface area contributed by atoms with E-state index in [1.54, 1.807) is 12.1 Å². The molecule has 1 aromatic rings. The van der Waals surface area contributed by atoms with Gasteiger partial charge in [-0.25, -0.2) is 0 Å². The number of carbonyl (C=O) groups excluding carboxylic acids is 2. The Morgan fingerprint density at radius 2 is 1.86 bits per heavy atom. The van der Waals surface area contributed by atoms with Gasteiger partial charge in [0.05, 0.1) is 6.04 Å². The van der Waals surface area contributed by atoms with Gasteiger partial charge in [-0.3, -0.25) is 9.59 Å². The van der Waals surface area contributed by atoms with Crippen molar-refractivity contribution in [2.24, 2.45) is 11.5 Å². The normalized spacial score (nSPS) is 13.4. The molecule has 0 heterocycles. The van der Waals surface area contributed by atoms with Gasteiger partial charge in [0, 0.05) is 0 Å². The fourth-order valence-corrected chi connectivity index (χ4v) is 2.14. The topological polar surface area (TPSA) is 118 Å². The number of nitrogens with two attached hydrogens (primary N) is 2. The molecule has 6 nitrogen and oxygen atoms in total. The summed E-state index contributed by atoms with van der Waals surface area (Å²) in [6.45, 7) is 2.06. The maximum atomic E-state index is 12.1. The fourth-order valence-electron chi connectivity index (χ4n) is 2.14. The predicted octanol–water partition coefficient (Wildman–Crippen LogP) is 0.812. The first-order valence-corrected chi connectivity index (χ1v) is 7.57. The minimum absolute atomic E-state index is 0.159. The number of primary amides is 1. The lowest BCUT2D eigenvalue weighted by molar-refractivity contribution is -0.128. The number of unbranched alkanes of at least 4 members (excludes halogenated alkanes) is 2. The van der Waals surface area contributed by atoms with Crippen molar-refractivity contribution in [3.63, 3.8) is 0 Å². The minimum Gasteiger partial charge on any atom is -0.508 e. The van der Waals surface area contributed by atoms with E-state index >= 15 is 0 Å². The molecule has 1 aromatic carbocycles. The summed E-state index contributed by atoms with van der Waals surface area (Å²) >= 11 is 0. The van der Waals surface area contributed by atoms with Crippen LogP contribution in [0.4, 0.5) is 0 Å². The van der Waals surface area contributed by atoms with Crippen molar-refractivity contribution in [1.82, 2.24) is 5.32 Å². The van der Waals surface area contributed by atoms with Crippen LogP contribution in [0.2, 0.25) is 0 Å². The van der Waals surface area contributed by atoms with Crippen molar-refractivity contribution in [3.8, 4) is 5.75 Å². The Morgan fingerprint density at radius 1 is 1.23 bits per heavy atom. The molecule has 0 radical (unpaired) electrons. The molecule has 2 amide bonds. The lowest BCUT2D eigenvalue weighted by atomic mass is 10.0. The van der Waals surface area contributed by atoms with Crippen molar-refractivity contribution < 1.29 is 14.7 Å². The van der Waals surface area contributed by atoms with Gasteiger partial charge in [-0.05, 0) is 30.5 Å². The number of phenolic OH excluding ortho intramolecular Hbond substituents is 1. The van der Waals surface area contributed by atoms with E-state index in [4.69, 9.17) is 11.5 Å². The van der Waals surface area contributed by atoms with E-state index < -0.39 is 23.9 Å². The molecule has 122 valence electrons. The van der Waals surface area contributed by atoms with E-state index in [2.05, 4.69) is 12.2 Å². The molecule has 0 fully saturated rings. The van der Waals surface area contributed by atoms with Gasteiger partial charge in [-0.15, -0.1) is 0 Å². The molecule has 22 heavy (non-hydrogen) atoms. The van der Waals surface area contributed by atoms with Crippen LogP contribution in [-0.2, 0) is 16.0 Å². The Hall–Kier alpha value is -2.08. The highest BCUT2D eigenvalue weighted by molar-refractivity contribution is 5.89. The molecular weight excluding hydrogens is 282 g/mol. The lowest BCUT2D eigenvalue weighted by Crippen LogP contribution is -2.51. The average molecular weight is 307 g/mol. The molecule has 0 spiro atoms. The van der Waals surface area contributed by atoms with Crippen LogP contribution in [0.25, 0.3) is 0 Å². The number of carbonyl (C=O) groups is 2. The quantitative estimate of drug-likeness (QED) is 0.505. The van der Waals surface area contributed by atoms with Gasteiger partial charge in [0.15, 0.2) is 0 Å². The highest BCUT2D eigenvalue weighted by atomic mass is 16.3. The van der Waals surface area contributed by atoms with E-state index in [9.17, 15) is 14.7 Å². The van der Waals surface area contributed by atoms with Crippen molar-refractivity contribution in [2.75, 3.05) is 0 Å². The summed E-state index contributed by atoms with van der Waals surface area (Å²) in [6.07, 6.45) is 3.70. The van der Waals surface area contributed by atoms with E-state index in [0.29, 0.717) is 12.8 Å². The van der Waals surface area contributed by atoms with Crippen LogP contribution in [0.5, 0.6) is 5.75 Å². The molecule has 0 aliphatic heterocycles. The number of phenols is 1. The van der Waals surface area contributed by atoms with E-state index in [-0.39, 0.29) is 5.75 Å². The van der Waals surface area contributed by atoms with Crippen LogP contribution < -0.4 is 16.8 Å². The average Bonchev–Trinajstić information content (AvgIpc) is 2.48. The largest absolute Gasteiger partial charge is 0.508 e. The summed E-state index contributed by atoms with van der Waals surface area (Å²) in [5, 5.41) is 11.8. The molecule has 0 bridgehead atoms. The fraction of sp³-hybridized carbons (Fsp3) is 0.500. The zero-order valence-electron chi connectivity index (χ0n) is 12.9. The predicted molar refractivity (Wildman–Crippen MR) is 85.1 cm³/mol. The number of hydrogen-bond donors (Lipinski definition) is 4. The van der Waals surface area contributed by atoms with E-state index in [0.717, 1.165) is 24.8 Å². The standard InChI is InChI=1S/C16H25N3O3/c1-2-3-4-5-14(15(18)21)19-16(22)13(17)10-11-6-8-12(20)9-7-11/h6-9,13-14,20H,2-5,10,17H2,1H3,(H2,18,21)(H,19,22)/t13-,14-/m1/s1. The Kier molecular flexibility index (Phi) is 7.39. The highest BCUT2D eigenvalue weighted by Crippen LogP contribution is 2.11. The van der Waals surface area contributed by atoms with Gasteiger partial charge in [-0.2, -0.15) is 0 Å². The van der Waals surface area contributed by atoms with Gasteiger partial charge < -0.3 is 21.9 Å². The molecule has 1 rings (SSSR count). The molecule has 0 aliphatic carbocycles. The first-order chi connectivity index (χ1) is 10.4. The van der Waals surface area contributed by atoms with Crippen molar-refractivity contribution >= 4 is 11.8 Å². The molecular formula is C16H25N3O3. The number of rotatable bonds is 9. The third kappa shape index (κ3) is 6.13. The van der Waals surface area contributed by atoms with Crippen LogP contribution in [0.3, 0.4) is 0 Å². The molecule has 0 aromatic heterocycles. The van der Waals surface area contributed by atoms with Gasteiger partial charge in [0.1, 0.15) is 11.8 Å². The van der Waals surface area contributed by atoms with Crippen molar-refractivity contribution in [3.05, 3.63) is 29.8 Å². The molecule has 0 unspecified atom stereocenters. The van der Waals surface area contributed by atoms with Crippen LogP contribution in [0, 0.1) is 0 Å². The first-order valence-electron chi connectivity index (χ1n) is 7.57. The zero-order valence-corrected chi connectivity index (χ0v) is 12.9. The van der Waals surface area contributed by atoms with Gasteiger partial charge in [-0.1, -0.05) is 38.3 Å². The van der Waals surface area contributed by atoms with Crippen LogP contribution in [0.15, 0.2) is 24.3 Å². The molecule has 0 aliphatic rings. The number of aromatic hydroxyl groups is 1. The minimum atomic E-state index is -0.766. The number of hydrogen-bond acceptors (Lipinski definition) is 4. The van der Waals surface area contributed by atoms with Crippen LogP contribution >= 0.6 is 0 Å². The Labute approximate surface area is 130 Å². The second-order valence-electron chi connectivity index (χ2n) is 5.44. The monoisotopic (exact) mass is 307 g/mol. The van der Waals surface area contributed by atoms with Crippen LogP contribution in [-0.4, -0.2) is 29.0 Å². The summed E-state index contributed by atoms with van der Waals surface area (Å²) in [5.74, 6) is -0.777. The summed E-state index contributed by atoms with van der Waals surface area (Å²) < 4.78 is 0. The molecule has 0 saturated carbocycles. The Bertz CT molecular complexity index is 488. The summed E-state index contributed by atoms with van der Waals surface area (Å²) in [7, 11) is 0. The first kappa shape index (κ1) is 18.0. The lowest BCUT2D eigenvalue weighted by Gasteiger charge is -2.18. The van der Waals surface area contributed by atoms with Gasteiger partial charge in [0.25, 0.3) is 0 Å². The molecule has 6 heteroatoms. The summed E-state index contributed by atoms with van der Waals surface area (Å²) in [4.78, 5) is 23.5. The van der Waals surface area contributed by atoms with E-state index in [1.165, 1.54) is 12.1 Å². The third-order valence-corrected chi connectivity index (χ3v) is 3.49. The molecule has 6 N–H and O–H groups in total. The Balaban J connectivity index is 2.53. The zero-order chi connectivity index (χ0) is 16.5. The number of benzene rings is 1. The van der Waals surface area contributed by atoms with Crippen molar-refractivity contribution in [2.45, 2.75) is 51.1 Å². The maximum Gasteiger partial charge on any atom is 0.240 e. The second-order valence-corrected chi connectivity index (χ2v) is 5.44. The third-order valence-electron chi connectivity index (χ3n) is 3.49.